The van der Waals surface area contributed by atoms with Gasteiger partial charge in [-0.15, -0.1) is 21.5 Å². The normalized spacial score (nSPS) is 11.0. The van der Waals surface area contributed by atoms with E-state index in [0.29, 0.717) is 23.3 Å². The van der Waals surface area contributed by atoms with Gasteiger partial charge in [0, 0.05) is 29.3 Å². The van der Waals surface area contributed by atoms with Gasteiger partial charge in [0.25, 0.3) is 0 Å². The average Bonchev–Trinajstić information content (AvgIpc) is 3.57. The minimum Gasteiger partial charge on any atom is -0.421 e. The van der Waals surface area contributed by atoms with Crippen LogP contribution in [0.4, 0.5) is 10.8 Å². The third kappa shape index (κ3) is 5.11. The second-order valence-electron chi connectivity index (χ2n) is 8.77. The number of carbonyl (C=O) groups is 1. The monoisotopic (exact) mass is 494 g/mol. The fourth-order valence-corrected chi connectivity index (χ4v) is 4.77. The standard InChI is InChI=1S/C29H26N4O2S/c1-19-10-13-22(14-11-19)24-18-36-29(30-24)33(25-17-20(2)9-12-21(25)3)27(34)16-15-26-31-32-28(35-26)23-7-5-4-6-8-23/h4-14,17-18H,15-16H2,1-3H3. The third-order valence-electron chi connectivity index (χ3n) is 5.93. The highest BCUT2D eigenvalue weighted by Crippen LogP contribution is 2.35. The summed E-state index contributed by atoms with van der Waals surface area (Å²) in [5.74, 6) is 0.808. The number of rotatable bonds is 7. The quantitative estimate of drug-likeness (QED) is 0.242. The van der Waals surface area contributed by atoms with Gasteiger partial charge < -0.3 is 4.42 Å². The largest absolute Gasteiger partial charge is 0.421 e. The summed E-state index contributed by atoms with van der Waals surface area (Å²) < 4.78 is 5.82. The average molecular weight is 495 g/mol. The van der Waals surface area contributed by atoms with Crippen molar-refractivity contribution < 1.29 is 9.21 Å². The maximum atomic E-state index is 13.7. The van der Waals surface area contributed by atoms with E-state index in [0.717, 1.165) is 33.6 Å². The van der Waals surface area contributed by atoms with Crippen LogP contribution in [0.1, 0.15) is 29.0 Å². The summed E-state index contributed by atoms with van der Waals surface area (Å²) in [6, 6.07) is 24.0. The molecule has 0 saturated heterocycles. The fraction of sp³-hybridized carbons (Fsp3) is 0.172. The lowest BCUT2D eigenvalue weighted by atomic mass is 10.1. The Balaban J connectivity index is 1.41. The topological polar surface area (TPSA) is 72.1 Å². The smallest absolute Gasteiger partial charge is 0.247 e. The van der Waals surface area contributed by atoms with Crippen LogP contribution < -0.4 is 4.90 Å². The summed E-state index contributed by atoms with van der Waals surface area (Å²) >= 11 is 1.46. The Morgan fingerprint density at radius 3 is 2.42 bits per heavy atom. The number of aryl methyl sites for hydroxylation is 4. The van der Waals surface area contributed by atoms with Crippen molar-refractivity contribution in [3.05, 3.63) is 101 Å². The fourth-order valence-electron chi connectivity index (χ4n) is 3.91. The molecule has 36 heavy (non-hydrogen) atoms. The number of anilines is 2. The highest BCUT2D eigenvalue weighted by atomic mass is 32.1. The van der Waals surface area contributed by atoms with Crippen molar-refractivity contribution in [2.45, 2.75) is 33.6 Å². The maximum absolute atomic E-state index is 13.7. The summed E-state index contributed by atoms with van der Waals surface area (Å²) in [7, 11) is 0. The molecule has 0 saturated carbocycles. The Bertz CT molecular complexity index is 1490. The maximum Gasteiger partial charge on any atom is 0.247 e. The minimum atomic E-state index is -0.0760. The highest BCUT2D eigenvalue weighted by molar-refractivity contribution is 7.14. The van der Waals surface area contributed by atoms with Gasteiger partial charge in [0.15, 0.2) is 5.13 Å². The zero-order chi connectivity index (χ0) is 25.1. The van der Waals surface area contributed by atoms with Crippen molar-refractivity contribution in [3.63, 3.8) is 0 Å². The molecule has 0 aliphatic rings. The molecule has 0 N–H and O–H groups in total. The second-order valence-corrected chi connectivity index (χ2v) is 9.60. The van der Waals surface area contributed by atoms with Crippen LogP contribution in [-0.4, -0.2) is 21.1 Å². The zero-order valence-electron chi connectivity index (χ0n) is 20.4. The molecule has 0 unspecified atom stereocenters. The molecule has 6 nitrogen and oxygen atoms in total. The molecule has 180 valence electrons. The van der Waals surface area contributed by atoms with Crippen molar-refractivity contribution in [2.75, 3.05) is 4.90 Å². The van der Waals surface area contributed by atoms with Gasteiger partial charge in [-0.1, -0.05) is 60.2 Å². The molecule has 0 bridgehead atoms. The number of aromatic nitrogens is 3. The van der Waals surface area contributed by atoms with Gasteiger partial charge in [0.2, 0.25) is 17.7 Å². The van der Waals surface area contributed by atoms with E-state index in [1.54, 1.807) is 4.90 Å². The Morgan fingerprint density at radius 1 is 0.889 bits per heavy atom. The number of amides is 1. The predicted molar refractivity (Wildman–Crippen MR) is 143 cm³/mol. The molecule has 2 aromatic heterocycles. The number of hydrogen-bond acceptors (Lipinski definition) is 6. The summed E-state index contributed by atoms with van der Waals surface area (Å²) in [5.41, 5.74) is 6.83. The Morgan fingerprint density at radius 2 is 1.64 bits per heavy atom. The summed E-state index contributed by atoms with van der Waals surface area (Å²) in [5, 5.41) is 10.9. The molecule has 7 heteroatoms. The lowest BCUT2D eigenvalue weighted by Gasteiger charge is -2.22. The lowest BCUT2D eigenvalue weighted by Crippen LogP contribution is -2.27. The molecule has 0 aliphatic heterocycles. The van der Waals surface area contributed by atoms with Crippen LogP contribution >= 0.6 is 11.3 Å². The first-order valence-corrected chi connectivity index (χ1v) is 12.7. The van der Waals surface area contributed by atoms with E-state index in [9.17, 15) is 4.79 Å². The first-order valence-electron chi connectivity index (χ1n) is 11.8. The minimum absolute atomic E-state index is 0.0760. The molecule has 1 amide bonds. The van der Waals surface area contributed by atoms with Crippen molar-refractivity contribution in [2.24, 2.45) is 0 Å². The van der Waals surface area contributed by atoms with Crippen LogP contribution in [-0.2, 0) is 11.2 Å². The van der Waals surface area contributed by atoms with Crippen molar-refractivity contribution in [1.29, 1.82) is 0 Å². The van der Waals surface area contributed by atoms with E-state index in [2.05, 4.69) is 41.4 Å². The van der Waals surface area contributed by atoms with Gasteiger partial charge in [-0.25, -0.2) is 4.98 Å². The SMILES string of the molecule is Cc1ccc(-c2csc(N(C(=O)CCc3nnc(-c4ccccc4)o3)c3cc(C)ccc3C)n2)cc1. The summed E-state index contributed by atoms with van der Waals surface area (Å²) in [4.78, 5) is 20.2. The molecule has 5 aromatic rings. The lowest BCUT2D eigenvalue weighted by molar-refractivity contribution is -0.117. The Kier molecular flexibility index (Phi) is 6.73. The van der Waals surface area contributed by atoms with Crippen molar-refractivity contribution in [1.82, 2.24) is 15.2 Å². The van der Waals surface area contributed by atoms with Crippen LogP contribution in [0.2, 0.25) is 0 Å². The van der Waals surface area contributed by atoms with Gasteiger partial charge >= 0.3 is 0 Å². The second kappa shape index (κ2) is 10.3. The summed E-state index contributed by atoms with van der Waals surface area (Å²) in [6.45, 7) is 6.09. The van der Waals surface area contributed by atoms with Gasteiger partial charge in [-0.2, -0.15) is 0 Å². The van der Waals surface area contributed by atoms with Crippen LogP contribution in [0.3, 0.4) is 0 Å². The Hall–Kier alpha value is -4.10. The molecule has 0 radical (unpaired) electrons. The molecular formula is C29H26N4O2S. The van der Waals surface area contributed by atoms with Crippen LogP contribution in [0.25, 0.3) is 22.7 Å². The number of thiazole rings is 1. The van der Waals surface area contributed by atoms with Crippen LogP contribution in [0, 0.1) is 20.8 Å². The van der Waals surface area contributed by atoms with E-state index in [1.165, 1.54) is 16.9 Å². The van der Waals surface area contributed by atoms with Gasteiger partial charge in [-0.05, 0) is 50.1 Å². The summed E-state index contributed by atoms with van der Waals surface area (Å²) in [6.07, 6.45) is 0.555. The van der Waals surface area contributed by atoms with Crippen LogP contribution in [0.15, 0.2) is 82.6 Å². The van der Waals surface area contributed by atoms with E-state index in [1.807, 2.05) is 67.8 Å². The van der Waals surface area contributed by atoms with E-state index < -0.39 is 0 Å². The Labute approximate surface area is 214 Å². The third-order valence-corrected chi connectivity index (χ3v) is 6.75. The molecule has 0 aliphatic carbocycles. The van der Waals surface area contributed by atoms with E-state index >= 15 is 0 Å². The number of carbonyl (C=O) groups excluding carboxylic acids is 1. The van der Waals surface area contributed by atoms with Crippen LogP contribution in [0.5, 0.6) is 0 Å². The molecule has 5 rings (SSSR count). The van der Waals surface area contributed by atoms with Crippen molar-refractivity contribution in [3.8, 4) is 22.7 Å². The first-order chi connectivity index (χ1) is 17.5. The molecule has 0 spiro atoms. The predicted octanol–water partition coefficient (Wildman–Crippen LogP) is 7.08. The molecular weight excluding hydrogens is 468 g/mol. The zero-order valence-corrected chi connectivity index (χ0v) is 21.2. The number of nitrogens with zero attached hydrogens (tertiary/aromatic N) is 4. The highest BCUT2D eigenvalue weighted by Gasteiger charge is 2.24. The first kappa shape index (κ1) is 23.6. The van der Waals surface area contributed by atoms with Gasteiger partial charge in [-0.3, -0.25) is 9.69 Å². The number of hydrogen-bond donors (Lipinski definition) is 0. The van der Waals surface area contributed by atoms with E-state index in [-0.39, 0.29) is 12.3 Å². The molecule has 0 fully saturated rings. The molecule has 2 heterocycles. The molecule has 0 atom stereocenters. The van der Waals surface area contributed by atoms with Gasteiger partial charge in [0.1, 0.15) is 0 Å². The number of benzene rings is 3. The van der Waals surface area contributed by atoms with Gasteiger partial charge in [0.05, 0.1) is 11.4 Å². The molecule has 3 aromatic carbocycles. The van der Waals surface area contributed by atoms with Crippen molar-refractivity contribution >= 4 is 28.1 Å². The van der Waals surface area contributed by atoms with E-state index in [4.69, 9.17) is 9.40 Å².